The Kier molecular flexibility index (Phi) is 12.5. The summed E-state index contributed by atoms with van der Waals surface area (Å²) in [6.07, 6.45) is 6.90. The minimum Gasteiger partial charge on any atom is -0.383 e. The maximum atomic E-state index is 5.50. The molecule has 0 radical (unpaired) electrons. The van der Waals surface area contributed by atoms with E-state index in [0.717, 1.165) is 32.5 Å². The Labute approximate surface area is 98.5 Å². The van der Waals surface area contributed by atoms with Crippen LogP contribution in [-0.2, 0) is 4.74 Å². The van der Waals surface area contributed by atoms with E-state index in [-0.39, 0.29) is 0 Å². The molecule has 0 saturated heterocycles. The SMILES string of the molecule is COCC(CCCN)NCCCCSC. The Morgan fingerprint density at radius 2 is 2.13 bits per heavy atom. The highest BCUT2D eigenvalue weighted by Gasteiger charge is 2.05. The normalized spacial score (nSPS) is 13.0. The van der Waals surface area contributed by atoms with Crippen LogP contribution >= 0.6 is 11.8 Å². The summed E-state index contributed by atoms with van der Waals surface area (Å²) in [7, 11) is 1.75. The van der Waals surface area contributed by atoms with Crippen molar-refractivity contribution in [3.8, 4) is 0 Å². The summed E-state index contributed by atoms with van der Waals surface area (Å²) in [5.74, 6) is 1.26. The van der Waals surface area contributed by atoms with Crippen LogP contribution in [-0.4, -0.2) is 44.9 Å². The Balaban J connectivity index is 3.38. The van der Waals surface area contributed by atoms with Crippen LogP contribution in [0.5, 0.6) is 0 Å². The quantitative estimate of drug-likeness (QED) is 0.532. The van der Waals surface area contributed by atoms with Gasteiger partial charge in [-0.25, -0.2) is 0 Å². The van der Waals surface area contributed by atoms with Gasteiger partial charge >= 0.3 is 0 Å². The molecule has 15 heavy (non-hydrogen) atoms. The molecular formula is C11H26N2OS. The second-order valence-electron chi connectivity index (χ2n) is 3.74. The molecule has 0 bridgehead atoms. The molecule has 0 aromatic rings. The highest BCUT2D eigenvalue weighted by molar-refractivity contribution is 7.98. The van der Waals surface area contributed by atoms with Crippen molar-refractivity contribution in [3.05, 3.63) is 0 Å². The summed E-state index contributed by atoms with van der Waals surface area (Å²) in [4.78, 5) is 0. The zero-order chi connectivity index (χ0) is 11.4. The third-order valence-corrected chi connectivity index (χ3v) is 3.03. The number of nitrogens with one attached hydrogen (secondary N) is 1. The molecule has 0 aromatic carbocycles. The van der Waals surface area contributed by atoms with Crippen LogP contribution < -0.4 is 11.1 Å². The predicted octanol–water partition coefficient (Wildman–Crippen LogP) is 1.47. The van der Waals surface area contributed by atoms with Gasteiger partial charge in [-0.15, -0.1) is 0 Å². The lowest BCUT2D eigenvalue weighted by molar-refractivity contribution is 0.161. The van der Waals surface area contributed by atoms with Crippen LogP contribution in [0.3, 0.4) is 0 Å². The fourth-order valence-corrected chi connectivity index (χ4v) is 1.98. The molecule has 0 spiro atoms. The molecule has 0 aliphatic carbocycles. The van der Waals surface area contributed by atoms with E-state index in [1.54, 1.807) is 7.11 Å². The number of methoxy groups -OCH3 is 1. The van der Waals surface area contributed by atoms with Crippen molar-refractivity contribution in [2.24, 2.45) is 5.73 Å². The lowest BCUT2D eigenvalue weighted by Gasteiger charge is -2.17. The number of nitrogens with two attached hydrogens (primary N) is 1. The smallest absolute Gasteiger partial charge is 0.0615 e. The van der Waals surface area contributed by atoms with Crippen molar-refractivity contribution in [2.45, 2.75) is 31.7 Å². The predicted molar refractivity (Wildman–Crippen MR) is 69.6 cm³/mol. The fourth-order valence-electron chi connectivity index (χ4n) is 1.49. The molecule has 0 aliphatic heterocycles. The second-order valence-corrected chi connectivity index (χ2v) is 4.72. The number of hydrogen-bond acceptors (Lipinski definition) is 4. The van der Waals surface area contributed by atoms with Gasteiger partial charge in [-0.3, -0.25) is 0 Å². The summed E-state index contributed by atoms with van der Waals surface area (Å²) < 4.78 is 5.17. The Bertz CT molecular complexity index is 125. The summed E-state index contributed by atoms with van der Waals surface area (Å²) in [6.45, 7) is 2.66. The zero-order valence-electron chi connectivity index (χ0n) is 10.1. The minimum absolute atomic E-state index is 0.479. The standard InChI is InChI=1S/C11H26N2OS/c1-14-10-11(6-5-7-12)13-8-3-4-9-15-2/h11,13H,3-10,12H2,1-2H3. The van der Waals surface area contributed by atoms with Crippen LogP contribution in [0.15, 0.2) is 0 Å². The maximum absolute atomic E-state index is 5.50. The van der Waals surface area contributed by atoms with Crippen molar-refractivity contribution >= 4 is 11.8 Å². The largest absolute Gasteiger partial charge is 0.383 e. The van der Waals surface area contributed by atoms with Crippen molar-refractivity contribution in [1.29, 1.82) is 0 Å². The van der Waals surface area contributed by atoms with E-state index in [1.807, 2.05) is 11.8 Å². The summed E-state index contributed by atoms with van der Waals surface area (Å²) >= 11 is 1.92. The monoisotopic (exact) mass is 234 g/mol. The van der Waals surface area contributed by atoms with E-state index in [1.165, 1.54) is 18.6 Å². The Hall–Kier alpha value is 0.230. The number of hydrogen-bond donors (Lipinski definition) is 2. The summed E-state index contributed by atoms with van der Waals surface area (Å²) in [5.41, 5.74) is 5.50. The van der Waals surface area contributed by atoms with Gasteiger partial charge in [-0.2, -0.15) is 11.8 Å². The number of rotatable bonds is 11. The first-order valence-corrected chi connectivity index (χ1v) is 7.15. The Morgan fingerprint density at radius 3 is 2.73 bits per heavy atom. The number of unbranched alkanes of at least 4 members (excludes halogenated alkanes) is 1. The zero-order valence-corrected chi connectivity index (χ0v) is 10.9. The lowest BCUT2D eigenvalue weighted by atomic mass is 10.1. The van der Waals surface area contributed by atoms with E-state index in [9.17, 15) is 0 Å². The number of thioether (sulfide) groups is 1. The van der Waals surface area contributed by atoms with Gasteiger partial charge in [0.05, 0.1) is 6.61 Å². The first-order chi connectivity index (χ1) is 7.35. The topological polar surface area (TPSA) is 47.3 Å². The Morgan fingerprint density at radius 1 is 1.33 bits per heavy atom. The molecule has 92 valence electrons. The van der Waals surface area contributed by atoms with Crippen molar-refractivity contribution in [3.63, 3.8) is 0 Å². The van der Waals surface area contributed by atoms with E-state index >= 15 is 0 Å². The lowest BCUT2D eigenvalue weighted by Crippen LogP contribution is -2.34. The second kappa shape index (κ2) is 12.3. The molecule has 4 heteroatoms. The van der Waals surface area contributed by atoms with Gasteiger partial charge in [-0.1, -0.05) is 0 Å². The van der Waals surface area contributed by atoms with Gasteiger partial charge < -0.3 is 15.8 Å². The van der Waals surface area contributed by atoms with Crippen LogP contribution in [0.4, 0.5) is 0 Å². The fraction of sp³-hybridized carbons (Fsp3) is 1.00. The van der Waals surface area contributed by atoms with Crippen LogP contribution in [0.2, 0.25) is 0 Å². The van der Waals surface area contributed by atoms with Gasteiger partial charge in [-0.05, 0) is 50.8 Å². The highest BCUT2D eigenvalue weighted by atomic mass is 32.2. The molecule has 0 fully saturated rings. The third-order valence-electron chi connectivity index (χ3n) is 2.33. The molecule has 3 N–H and O–H groups in total. The first kappa shape index (κ1) is 15.2. The summed E-state index contributed by atoms with van der Waals surface area (Å²) in [5, 5.41) is 3.52. The molecule has 0 aromatic heterocycles. The van der Waals surface area contributed by atoms with E-state index in [4.69, 9.17) is 10.5 Å². The molecule has 0 rings (SSSR count). The van der Waals surface area contributed by atoms with Crippen molar-refractivity contribution in [1.82, 2.24) is 5.32 Å². The molecule has 0 amide bonds. The average Bonchev–Trinajstić information content (AvgIpc) is 2.25. The van der Waals surface area contributed by atoms with E-state index < -0.39 is 0 Å². The van der Waals surface area contributed by atoms with Crippen molar-refractivity contribution < 1.29 is 4.74 Å². The molecule has 0 heterocycles. The van der Waals surface area contributed by atoms with Crippen molar-refractivity contribution in [2.75, 3.05) is 38.8 Å². The van der Waals surface area contributed by atoms with Gasteiger partial charge in [0, 0.05) is 13.2 Å². The highest BCUT2D eigenvalue weighted by Crippen LogP contribution is 2.00. The van der Waals surface area contributed by atoms with Crippen LogP contribution in [0.25, 0.3) is 0 Å². The minimum atomic E-state index is 0.479. The summed E-state index contributed by atoms with van der Waals surface area (Å²) in [6, 6.07) is 0.479. The van der Waals surface area contributed by atoms with E-state index in [2.05, 4.69) is 11.6 Å². The van der Waals surface area contributed by atoms with Crippen LogP contribution in [0.1, 0.15) is 25.7 Å². The maximum Gasteiger partial charge on any atom is 0.0615 e. The van der Waals surface area contributed by atoms with Gasteiger partial charge in [0.15, 0.2) is 0 Å². The molecule has 0 saturated carbocycles. The van der Waals surface area contributed by atoms with Gasteiger partial charge in [0.1, 0.15) is 0 Å². The molecule has 1 atom stereocenters. The van der Waals surface area contributed by atoms with Crippen LogP contribution in [0, 0.1) is 0 Å². The average molecular weight is 234 g/mol. The molecule has 3 nitrogen and oxygen atoms in total. The van der Waals surface area contributed by atoms with E-state index in [0.29, 0.717) is 6.04 Å². The molecular weight excluding hydrogens is 208 g/mol. The number of ether oxygens (including phenoxy) is 1. The molecule has 1 unspecified atom stereocenters. The molecule has 0 aliphatic rings. The third kappa shape index (κ3) is 10.5. The first-order valence-electron chi connectivity index (χ1n) is 5.76. The van der Waals surface area contributed by atoms with Gasteiger partial charge in [0.25, 0.3) is 0 Å². The van der Waals surface area contributed by atoms with Gasteiger partial charge in [0.2, 0.25) is 0 Å².